The van der Waals surface area contributed by atoms with Gasteiger partial charge in [0.2, 0.25) is 0 Å². The minimum Gasteiger partial charge on any atom is -0.421 e. The van der Waals surface area contributed by atoms with Crippen LogP contribution in [-0.2, 0) is 4.79 Å². The fourth-order valence-electron chi connectivity index (χ4n) is 2.37. The molecule has 0 radical (unpaired) electrons. The third kappa shape index (κ3) is 4.64. The Hall–Kier alpha value is -2.12. The van der Waals surface area contributed by atoms with Crippen LogP contribution >= 0.6 is 47.2 Å². The average molecular weight is 450 g/mol. The second-order valence-electron chi connectivity index (χ2n) is 5.67. The number of thioether (sulfide) groups is 1. The number of hydrogen-bond acceptors (Lipinski definition) is 5. The molecule has 0 aromatic heterocycles. The lowest BCUT2D eigenvalue weighted by atomic mass is 10.2. The number of amides is 1. The van der Waals surface area contributed by atoms with Gasteiger partial charge in [0.25, 0.3) is 5.91 Å². The highest BCUT2D eigenvalue weighted by Gasteiger charge is 2.30. The van der Waals surface area contributed by atoms with Crippen molar-refractivity contribution in [2.75, 3.05) is 6.54 Å². The van der Waals surface area contributed by atoms with Crippen LogP contribution < -0.4 is 4.74 Å². The molecule has 2 aromatic rings. The van der Waals surface area contributed by atoms with Gasteiger partial charge in [0.05, 0.1) is 15.5 Å². The monoisotopic (exact) mass is 449 g/mol. The fourth-order valence-corrected chi connectivity index (χ4v) is 4.00. The molecule has 1 amide bonds. The van der Waals surface area contributed by atoms with E-state index in [1.807, 2.05) is 0 Å². The molecule has 4 nitrogen and oxygen atoms in total. The molecule has 1 heterocycles. The number of nitrogens with zero attached hydrogens (tertiary/aromatic N) is 1. The smallest absolute Gasteiger partial charge is 0.343 e. The number of thiocarbonyl (C=S) groups is 1. The molecule has 0 bridgehead atoms. The summed E-state index contributed by atoms with van der Waals surface area (Å²) in [6.45, 7) is 3.99. The Bertz CT molecular complexity index is 1000. The van der Waals surface area contributed by atoms with Gasteiger partial charge in [0.15, 0.2) is 0 Å². The van der Waals surface area contributed by atoms with Crippen molar-refractivity contribution in [1.82, 2.24) is 4.90 Å². The lowest BCUT2D eigenvalue weighted by molar-refractivity contribution is -0.121. The van der Waals surface area contributed by atoms with Crippen LogP contribution in [0.25, 0.3) is 6.08 Å². The summed E-state index contributed by atoms with van der Waals surface area (Å²) in [5.74, 6) is -0.501. The molecule has 0 atom stereocenters. The Balaban J connectivity index is 1.76. The Morgan fingerprint density at radius 1 is 1.21 bits per heavy atom. The normalized spacial score (nSPS) is 15.2. The number of hydrogen-bond donors (Lipinski definition) is 0. The quantitative estimate of drug-likeness (QED) is 0.195. The van der Waals surface area contributed by atoms with Crippen LogP contribution in [0.5, 0.6) is 5.75 Å². The Morgan fingerprint density at radius 3 is 2.57 bits per heavy atom. The highest BCUT2D eigenvalue weighted by atomic mass is 35.5. The summed E-state index contributed by atoms with van der Waals surface area (Å²) in [5.41, 5.74) is 1.05. The summed E-state index contributed by atoms with van der Waals surface area (Å²) in [4.78, 5) is 26.6. The largest absolute Gasteiger partial charge is 0.421 e. The standard InChI is InChI=1S/C20H13Cl2NO3S2/c1-2-9-23-18(24)17(28-20(23)27)11-12-3-8-16(15(22)10-12)26-19(25)13-4-6-14(21)7-5-13/h2-8,10-11H,1,9H2/b17-11-. The predicted octanol–water partition coefficient (Wildman–Crippen LogP) is 5.60. The van der Waals surface area contributed by atoms with Gasteiger partial charge in [-0.05, 0) is 48.0 Å². The number of esters is 1. The highest BCUT2D eigenvalue weighted by Crippen LogP contribution is 2.34. The van der Waals surface area contributed by atoms with E-state index in [4.69, 9.17) is 40.2 Å². The van der Waals surface area contributed by atoms with E-state index in [2.05, 4.69) is 6.58 Å². The van der Waals surface area contributed by atoms with Crippen LogP contribution in [0.4, 0.5) is 0 Å². The molecule has 28 heavy (non-hydrogen) atoms. The lowest BCUT2D eigenvalue weighted by Crippen LogP contribution is -2.27. The van der Waals surface area contributed by atoms with E-state index in [-0.39, 0.29) is 16.7 Å². The second kappa shape index (κ2) is 8.92. The first-order valence-electron chi connectivity index (χ1n) is 8.02. The van der Waals surface area contributed by atoms with Gasteiger partial charge in [-0.2, -0.15) is 0 Å². The molecule has 0 aliphatic carbocycles. The molecule has 3 rings (SSSR count). The Morgan fingerprint density at radius 2 is 1.93 bits per heavy atom. The summed E-state index contributed by atoms with van der Waals surface area (Å²) in [7, 11) is 0. The topological polar surface area (TPSA) is 46.6 Å². The van der Waals surface area contributed by atoms with Gasteiger partial charge in [-0.1, -0.05) is 59.3 Å². The van der Waals surface area contributed by atoms with E-state index in [1.165, 1.54) is 16.7 Å². The van der Waals surface area contributed by atoms with Gasteiger partial charge < -0.3 is 4.74 Å². The zero-order valence-electron chi connectivity index (χ0n) is 14.4. The van der Waals surface area contributed by atoms with Gasteiger partial charge >= 0.3 is 5.97 Å². The second-order valence-corrected chi connectivity index (χ2v) is 8.19. The van der Waals surface area contributed by atoms with E-state index in [0.717, 1.165) is 0 Å². The van der Waals surface area contributed by atoms with Crippen molar-refractivity contribution in [3.63, 3.8) is 0 Å². The zero-order chi connectivity index (χ0) is 20.3. The van der Waals surface area contributed by atoms with E-state index in [0.29, 0.717) is 31.9 Å². The molecule has 0 spiro atoms. The summed E-state index contributed by atoms with van der Waals surface area (Å²) >= 11 is 18.5. The van der Waals surface area contributed by atoms with Crippen LogP contribution in [-0.4, -0.2) is 27.6 Å². The number of halogens is 2. The summed E-state index contributed by atoms with van der Waals surface area (Å²) in [6.07, 6.45) is 3.31. The first-order chi connectivity index (χ1) is 13.4. The number of carbonyl (C=O) groups excluding carboxylic acids is 2. The van der Waals surface area contributed by atoms with Crippen molar-refractivity contribution in [1.29, 1.82) is 0 Å². The third-order valence-corrected chi connectivity index (χ3v) is 5.65. The van der Waals surface area contributed by atoms with Crippen LogP contribution in [0.15, 0.2) is 60.0 Å². The molecule has 1 aliphatic heterocycles. The first kappa shape index (κ1) is 20.6. The van der Waals surface area contributed by atoms with E-state index in [9.17, 15) is 9.59 Å². The zero-order valence-corrected chi connectivity index (χ0v) is 17.5. The van der Waals surface area contributed by atoms with E-state index in [1.54, 1.807) is 54.6 Å². The van der Waals surface area contributed by atoms with Crippen LogP contribution in [0.1, 0.15) is 15.9 Å². The maximum atomic E-state index is 12.4. The molecule has 2 aromatic carbocycles. The summed E-state index contributed by atoms with van der Waals surface area (Å²) in [6, 6.07) is 11.2. The van der Waals surface area contributed by atoms with Crippen LogP contribution in [0, 0.1) is 0 Å². The van der Waals surface area contributed by atoms with Crippen molar-refractivity contribution in [2.45, 2.75) is 0 Å². The highest BCUT2D eigenvalue weighted by molar-refractivity contribution is 8.26. The third-order valence-electron chi connectivity index (χ3n) is 3.72. The van der Waals surface area contributed by atoms with Gasteiger partial charge in [0, 0.05) is 11.6 Å². The van der Waals surface area contributed by atoms with Crippen molar-refractivity contribution in [3.8, 4) is 5.75 Å². The molecule has 0 N–H and O–H groups in total. The predicted molar refractivity (Wildman–Crippen MR) is 118 cm³/mol. The molecule has 0 unspecified atom stereocenters. The summed E-state index contributed by atoms with van der Waals surface area (Å²) < 4.78 is 5.82. The SMILES string of the molecule is C=CCN1C(=O)/C(=C/c2ccc(OC(=O)c3ccc(Cl)cc3)c(Cl)c2)SC1=S. The molecule has 1 saturated heterocycles. The molecule has 0 saturated carbocycles. The van der Waals surface area contributed by atoms with Crippen molar-refractivity contribution in [2.24, 2.45) is 0 Å². The number of benzene rings is 2. The Labute approximate surface area is 181 Å². The van der Waals surface area contributed by atoms with Gasteiger partial charge in [-0.3, -0.25) is 9.69 Å². The minimum atomic E-state index is -0.545. The van der Waals surface area contributed by atoms with E-state index < -0.39 is 5.97 Å². The molecular formula is C20H13Cl2NO3S2. The van der Waals surface area contributed by atoms with E-state index >= 15 is 0 Å². The van der Waals surface area contributed by atoms with Crippen molar-refractivity contribution >= 4 is 69.5 Å². The van der Waals surface area contributed by atoms with Gasteiger partial charge in [-0.25, -0.2) is 4.79 Å². The molecule has 142 valence electrons. The molecule has 1 fully saturated rings. The average Bonchev–Trinajstić information content (AvgIpc) is 2.92. The number of rotatable bonds is 5. The van der Waals surface area contributed by atoms with Gasteiger partial charge in [0.1, 0.15) is 10.1 Å². The molecule has 1 aliphatic rings. The number of ether oxygens (including phenoxy) is 1. The summed E-state index contributed by atoms with van der Waals surface area (Å²) in [5, 5.41) is 0.773. The lowest BCUT2D eigenvalue weighted by Gasteiger charge is -2.10. The molecule has 8 heteroatoms. The Kier molecular flexibility index (Phi) is 6.57. The maximum absolute atomic E-state index is 12.4. The minimum absolute atomic E-state index is 0.177. The van der Waals surface area contributed by atoms with Crippen molar-refractivity contribution in [3.05, 3.63) is 81.2 Å². The number of carbonyl (C=O) groups is 2. The molecular weight excluding hydrogens is 437 g/mol. The first-order valence-corrected chi connectivity index (χ1v) is 10.0. The van der Waals surface area contributed by atoms with Gasteiger partial charge in [-0.15, -0.1) is 6.58 Å². The fraction of sp³-hybridized carbons (Fsp3) is 0.0500. The van der Waals surface area contributed by atoms with Crippen LogP contribution in [0.2, 0.25) is 10.0 Å². The maximum Gasteiger partial charge on any atom is 0.343 e. The van der Waals surface area contributed by atoms with Crippen molar-refractivity contribution < 1.29 is 14.3 Å². The van der Waals surface area contributed by atoms with Crippen LogP contribution in [0.3, 0.4) is 0 Å².